The molecule has 0 N–H and O–H groups in total. The first kappa shape index (κ1) is 21.4. The first-order chi connectivity index (χ1) is 11.7. The molecule has 0 heterocycles. The van der Waals surface area contributed by atoms with Gasteiger partial charge in [0.15, 0.2) is 0 Å². The number of hydrogen-bond donors (Lipinski definition) is 0. The number of rotatable bonds is 8. The number of hydrogen-bond acceptors (Lipinski definition) is 5. The van der Waals surface area contributed by atoms with Crippen LogP contribution in [-0.4, -0.2) is 25.8 Å². The topological polar surface area (TPSA) is 61.8 Å². The summed E-state index contributed by atoms with van der Waals surface area (Å²) in [7, 11) is -4.03. The minimum atomic E-state index is -4.54. The highest BCUT2D eigenvalue weighted by Gasteiger charge is 2.36. The quantitative estimate of drug-likeness (QED) is 0.366. The van der Waals surface area contributed by atoms with Crippen LogP contribution in [0.15, 0.2) is 29.6 Å². The lowest BCUT2D eigenvalue weighted by Crippen LogP contribution is -2.11. The number of halogens is 3. The summed E-state index contributed by atoms with van der Waals surface area (Å²) >= 11 is 0. The van der Waals surface area contributed by atoms with Crippen molar-refractivity contribution in [3.05, 3.63) is 40.7 Å². The Labute approximate surface area is 144 Å². The van der Waals surface area contributed by atoms with E-state index in [9.17, 15) is 22.5 Å². The molecule has 0 aromatic heterocycles. The summed E-state index contributed by atoms with van der Waals surface area (Å²) in [6, 6.07) is 4.26. The van der Waals surface area contributed by atoms with Crippen LogP contribution in [0.5, 0.6) is 0 Å². The Hall–Kier alpha value is -1.63. The van der Waals surface area contributed by atoms with E-state index in [2.05, 4.69) is 0 Å². The highest BCUT2D eigenvalue weighted by Crippen LogP contribution is 2.57. The smallest absolute Gasteiger partial charge is 0.416 e. The lowest BCUT2D eigenvalue weighted by Gasteiger charge is -2.19. The van der Waals surface area contributed by atoms with Crippen LogP contribution in [0.25, 0.3) is 6.08 Å². The summed E-state index contributed by atoms with van der Waals surface area (Å²) in [6.45, 7) is 4.62. The molecule has 140 valence electrons. The van der Waals surface area contributed by atoms with E-state index >= 15 is 0 Å². The molecule has 0 saturated heterocycles. The molecule has 0 bridgehead atoms. The van der Waals surface area contributed by atoms with Crippen molar-refractivity contribution < 1.29 is 36.3 Å². The van der Waals surface area contributed by atoms with Crippen LogP contribution in [0.3, 0.4) is 0 Å². The summed E-state index contributed by atoms with van der Waals surface area (Å²) in [5.74, 6) is -0.967. The molecule has 0 fully saturated rings. The zero-order chi connectivity index (χ0) is 19.1. The van der Waals surface area contributed by atoms with E-state index in [4.69, 9.17) is 13.8 Å². The number of carbonyl (C=O) groups excluding carboxylic acids is 1. The number of benzene rings is 1. The Kier molecular flexibility index (Phi) is 7.86. The van der Waals surface area contributed by atoms with Gasteiger partial charge in [0.2, 0.25) is 0 Å². The van der Waals surface area contributed by atoms with Crippen molar-refractivity contribution in [1.82, 2.24) is 0 Å². The van der Waals surface area contributed by atoms with Gasteiger partial charge in [0.1, 0.15) is 5.31 Å². The van der Waals surface area contributed by atoms with E-state index in [0.717, 1.165) is 18.2 Å². The molecular weight excluding hydrogens is 360 g/mol. The van der Waals surface area contributed by atoms with E-state index in [1.54, 1.807) is 20.8 Å². The average Bonchev–Trinajstić information content (AvgIpc) is 2.52. The second-order valence-corrected chi connectivity index (χ2v) is 6.70. The van der Waals surface area contributed by atoms with E-state index in [-0.39, 0.29) is 25.4 Å². The van der Waals surface area contributed by atoms with Crippen molar-refractivity contribution in [2.45, 2.75) is 26.9 Å². The maximum atomic E-state index is 12.9. The van der Waals surface area contributed by atoms with Gasteiger partial charge in [-0.3, -0.25) is 4.57 Å². The highest BCUT2D eigenvalue weighted by molar-refractivity contribution is 7.60. The maximum Gasteiger partial charge on any atom is 0.416 e. The van der Waals surface area contributed by atoms with Gasteiger partial charge in [-0.15, -0.1) is 0 Å². The Morgan fingerprint density at radius 3 is 2.20 bits per heavy atom. The van der Waals surface area contributed by atoms with Crippen LogP contribution in [0, 0.1) is 0 Å². The second-order valence-electron chi connectivity index (χ2n) is 4.71. The third-order valence-corrected chi connectivity index (χ3v) is 4.99. The number of carbonyl (C=O) groups is 1. The van der Waals surface area contributed by atoms with Gasteiger partial charge in [0.05, 0.1) is 25.4 Å². The van der Waals surface area contributed by atoms with Crippen LogP contribution in [0.2, 0.25) is 0 Å². The zero-order valence-electron chi connectivity index (χ0n) is 14.1. The Balaban J connectivity index is 3.44. The summed E-state index contributed by atoms with van der Waals surface area (Å²) in [6.07, 6.45) is -3.50. The summed E-state index contributed by atoms with van der Waals surface area (Å²) < 4.78 is 66.5. The molecule has 0 aliphatic rings. The summed E-state index contributed by atoms with van der Waals surface area (Å²) in [4.78, 5) is 12.2. The van der Waals surface area contributed by atoms with E-state index in [0.29, 0.717) is 0 Å². The number of ether oxygens (including phenoxy) is 1. The molecule has 25 heavy (non-hydrogen) atoms. The van der Waals surface area contributed by atoms with Crippen LogP contribution < -0.4 is 0 Å². The van der Waals surface area contributed by atoms with Crippen molar-refractivity contribution in [3.8, 4) is 0 Å². The van der Waals surface area contributed by atoms with Gasteiger partial charge in [-0.1, -0.05) is 12.1 Å². The van der Waals surface area contributed by atoms with Crippen LogP contribution in [-0.2, 0) is 29.3 Å². The standard InChI is InChI=1S/C16H20F3O5P/c1-4-22-15(20)14(25(21,23-5-2)24-6-3)11-12-8-7-9-13(10-12)16(17,18)19/h7-11H,4-6H2,1-3H3/b14-11-. The molecule has 1 rings (SSSR count). The minimum Gasteiger partial charge on any atom is -0.462 e. The van der Waals surface area contributed by atoms with E-state index in [1.807, 2.05) is 0 Å². The predicted molar refractivity (Wildman–Crippen MR) is 86.9 cm³/mol. The van der Waals surface area contributed by atoms with Crippen molar-refractivity contribution in [2.24, 2.45) is 0 Å². The molecule has 0 amide bonds. The second kappa shape index (κ2) is 9.17. The third kappa shape index (κ3) is 5.99. The molecule has 1 aromatic rings. The molecule has 0 aliphatic carbocycles. The van der Waals surface area contributed by atoms with Gasteiger partial charge in [-0.2, -0.15) is 13.2 Å². The van der Waals surface area contributed by atoms with Gasteiger partial charge < -0.3 is 13.8 Å². The summed E-state index contributed by atoms with van der Waals surface area (Å²) in [5, 5.41) is -0.447. The van der Waals surface area contributed by atoms with Crippen LogP contribution in [0.1, 0.15) is 31.9 Å². The van der Waals surface area contributed by atoms with E-state index in [1.165, 1.54) is 12.1 Å². The van der Waals surface area contributed by atoms with Crippen LogP contribution >= 0.6 is 7.60 Å². The molecule has 0 unspecified atom stereocenters. The largest absolute Gasteiger partial charge is 0.462 e. The average molecular weight is 380 g/mol. The predicted octanol–water partition coefficient (Wildman–Crippen LogP) is 4.88. The van der Waals surface area contributed by atoms with Crippen molar-refractivity contribution in [2.75, 3.05) is 19.8 Å². The first-order valence-electron chi connectivity index (χ1n) is 7.63. The fourth-order valence-electron chi connectivity index (χ4n) is 1.93. The van der Waals surface area contributed by atoms with Crippen molar-refractivity contribution in [3.63, 3.8) is 0 Å². The minimum absolute atomic E-state index is 0.00296. The lowest BCUT2D eigenvalue weighted by atomic mass is 10.1. The SMILES string of the molecule is CCOC(=O)/C(=C/c1cccc(C(F)(F)F)c1)P(=O)(OCC)OCC. The molecule has 0 radical (unpaired) electrons. The number of alkyl halides is 3. The normalized spacial score (nSPS) is 13.0. The van der Waals surface area contributed by atoms with Gasteiger partial charge in [-0.05, 0) is 44.5 Å². The Morgan fingerprint density at radius 1 is 1.12 bits per heavy atom. The zero-order valence-corrected chi connectivity index (χ0v) is 15.0. The fraction of sp³-hybridized carbons (Fsp3) is 0.438. The van der Waals surface area contributed by atoms with Crippen LogP contribution in [0.4, 0.5) is 13.2 Å². The Bertz CT molecular complexity index is 660. The molecular formula is C16H20F3O5P. The van der Waals surface area contributed by atoms with Crippen molar-refractivity contribution >= 4 is 19.6 Å². The van der Waals surface area contributed by atoms with Crippen molar-refractivity contribution in [1.29, 1.82) is 0 Å². The molecule has 0 atom stereocenters. The number of esters is 1. The lowest BCUT2D eigenvalue weighted by molar-refractivity contribution is -0.138. The summed E-state index contributed by atoms with van der Waals surface area (Å²) in [5.41, 5.74) is -0.871. The highest BCUT2D eigenvalue weighted by atomic mass is 31.2. The molecule has 0 spiro atoms. The molecule has 5 nitrogen and oxygen atoms in total. The monoisotopic (exact) mass is 380 g/mol. The van der Waals surface area contributed by atoms with E-state index < -0.39 is 30.6 Å². The first-order valence-corrected chi connectivity index (χ1v) is 9.18. The third-order valence-electron chi connectivity index (χ3n) is 2.90. The van der Waals surface area contributed by atoms with Gasteiger partial charge in [-0.25, -0.2) is 4.79 Å². The Morgan fingerprint density at radius 2 is 1.72 bits per heavy atom. The molecule has 0 saturated carbocycles. The molecule has 9 heteroatoms. The van der Waals surface area contributed by atoms with Gasteiger partial charge in [0.25, 0.3) is 0 Å². The van der Waals surface area contributed by atoms with Gasteiger partial charge >= 0.3 is 19.7 Å². The fourth-order valence-corrected chi connectivity index (χ4v) is 3.56. The molecule has 0 aliphatic heterocycles. The maximum absolute atomic E-state index is 12.9. The van der Waals surface area contributed by atoms with Gasteiger partial charge in [0, 0.05) is 0 Å². The molecule has 1 aromatic carbocycles.